The van der Waals surface area contributed by atoms with Gasteiger partial charge in [-0.2, -0.15) is 0 Å². The molecule has 4 atom stereocenters. The monoisotopic (exact) mass is 394 g/mol. The van der Waals surface area contributed by atoms with Crippen LogP contribution in [0, 0.1) is 23.7 Å². The number of rotatable bonds is 11. The van der Waals surface area contributed by atoms with Gasteiger partial charge in [-0.3, -0.25) is 0 Å². The average Bonchev–Trinajstić information content (AvgIpc) is 3.21. The molecule has 4 unspecified atom stereocenters. The van der Waals surface area contributed by atoms with Crippen LogP contribution in [0.3, 0.4) is 0 Å². The van der Waals surface area contributed by atoms with Crippen molar-refractivity contribution in [2.75, 3.05) is 13.2 Å². The summed E-state index contributed by atoms with van der Waals surface area (Å²) in [5, 5.41) is 0. The van der Waals surface area contributed by atoms with E-state index in [4.69, 9.17) is 9.47 Å². The third-order valence-corrected chi connectivity index (χ3v) is 6.91. The Morgan fingerprint density at radius 2 is 0.964 bits per heavy atom. The minimum absolute atomic E-state index is 0.0249. The largest absolute Gasteiger partial charge is 0.376 e. The van der Waals surface area contributed by atoms with Gasteiger partial charge in [-0.05, 0) is 104 Å². The third-order valence-electron chi connectivity index (χ3n) is 6.91. The van der Waals surface area contributed by atoms with Crippen LogP contribution in [0.1, 0.15) is 119 Å². The maximum Gasteiger partial charge on any atom is 0.0598 e. The number of hydrogen-bond donors (Lipinski definition) is 0. The van der Waals surface area contributed by atoms with Crippen molar-refractivity contribution in [2.24, 2.45) is 23.7 Å². The van der Waals surface area contributed by atoms with Crippen molar-refractivity contribution in [3.05, 3.63) is 0 Å². The van der Waals surface area contributed by atoms with Crippen LogP contribution in [-0.4, -0.2) is 24.4 Å². The lowest BCUT2D eigenvalue weighted by Crippen LogP contribution is -2.19. The first-order valence-corrected chi connectivity index (χ1v) is 12.4. The lowest BCUT2D eigenvalue weighted by atomic mass is 9.87. The van der Waals surface area contributed by atoms with E-state index in [-0.39, 0.29) is 11.2 Å². The fraction of sp³-hybridized carbons (Fsp3) is 1.00. The lowest BCUT2D eigenvalue weighted by molar-refractivity contribution is -0.00542. The molecule has 2 rings (SSSR count). The van der Waals surface area contributed by atoms with Crippen molar-refractivity contribution >= 4 is 0 Å². The predicted molar refractivity (Wildman–Crippen MR) is 121 cm³/mol. The minimum atomic E-state index is 0.0249. The summed E-state index contributed by atoms with van der Waals surface area (Å²) >= 11 is 0. The highest BCUT2D eigenvalue weighted by Gasteiger charge is 2.35. The molecule has 2 saturated carbocycles. The Morgan fingerprint density at radius 3 is 1.32 bits per heavy atom. The van der Waals surface area contributed by atoms with E-state index >= 15 is 0 Å². The molecular weight excluding hydrogens is 344 g/mol. The highest BCUT2D eigenvalue weighted by molar-refractivity contribution is 4.86. The standard InChI is InChI=1S/C26H50O2/c1-25(2,3)27-17-9-7-11-21-13-15-23(19-21)24-16-14-22(20-24)12-8-10-18-28-26(4,5)6/h21-24H,7-20H2,1-6H3. The summed E-state index contributed by atoms with van der Waals surface area (Å²) in [6.07, 6.45) is 17.1. The quantitative estimate of drug-likeness (QED) is 0.333. The maximum absolute atomic E-state index is 5.86. The summed E-state index contributed by atoms with van der Waals surface area (Å²) in [4.78, 5) is 0. The van der Waals surface area contributed by atoms with Crippen molar-refractivity contribution in [2.45, 2.75) is 130 Å². The topological polar surface area (TPSA) is 18.5 Å². The van der Waals surface area contributed by atoms with Gasteiger partial charge in [0, 0.05) is 13.2 Å². The number of hydrogen-bond acceptors (Lipinski definition) is 2. The molecule has 2 nitrogen and oxygen atoms in total. The van der Waals surface area contributed by atoms with Gasteiger partial charge in [0.15, 0.2) is 0 Å². The fourth-order valence-corrected chi connectivity index (χ4v) is 5.43. The van der Waals surface area contributed by atoms with Gasteiger partial charge in [-0.1, -0.05) is 38.5 Å². The second kappa shape index (κ2) is 11.3. The molecule has 2 aliphatic rings. The molecule has 2 fully saturated rings. The summed E-state index contributed by atoms with van der Waals surface area (Å²) < 4.78 is 11.7. The second-order valence-corrected chi connectivity index (χ2v) is 11.8. The van der Waals surface area contributed by atoms with Crippen LogP contribution in [0.2, 0.25) is 0 Å². The van der Waals surface area contributed by atoms with Crippen molar-refractivity contribution < 1.29 is 9.47 Å². The smallest absolute Gasteiger partial charge is 0.0598 e. The first-order valence-electron chi connectivity index (χ1n) is 12.4. The van der Waals surface area contributed by atoms with Gasteiger partial charge in [0.05, 0.1) is 11.2 Å². The van der Waals surface area contributed by atoms with Gasteiger partial charge in [0.25, 0.3) is 0 Å². The van der Waals surface area contributed by atoms with Gasteiger partial charge in [0.1, 0.15) is 0 Å². The Hall–Kier alpha value is -0.0800. The van der Waals surface area contributed by atoms with Crippen LogP contribution in [0.5, 0.6) is 0 Å². The van der Waals surface area contributed by atoms with Crippen LogP contribution in [0.4, 0.5) is 0 Å². The lowest BCUT2D eigenvalue weighted by Gasteiger charge is -2.20. The average molecular weight is 395 g/mol. The molecular formula is C26H50O2. The van der Waals surface area contributed by atoms with Crippen LogP contribution in [0.25, 0.3) is 0 Å². The zero-order valence-electron chi connectivity index (χ0n) is 20.0. The van der Waals surface area contributed by atoms with Crippen LogP contribution >= 0.6 is 0 Å². The van der Waals surface area contributed by atoms with Crippen molar-refractivity contribution in [3.8, 4) is 0 Å². The normalized spacial score (nSPS) is 28.9. The molecule has 28 heavy (non-hydrogen) atoms. The van der Waals surface area contributed by atoms with E-state index in [1.54, 1.807) is 0 Å². The Kier molecular flexibility index (Phi) is 9.81. The third kappa shape index (κ3) is 10.1. The Labute approximate surface area is 176 Å². The molecule has 0 saturated heterocycles. The predicted octanol–water partition coefficient (Wildman–Crippen LogP) is 7.79. The van der Waals surface area contributed by atoms with Crippen molar-refractivity contribution in [1.29, 1.82) is 0 Å². The SMILES string of the molecule is CC(C)(C)OCCCCC1CCC(C2CCC(CCCCOC(C)(C)C)C2)C1. The molecule has 0 spiro atoms. The molecule has 0 N–H and O–H groups in total. The van der Waals surface area contributed by atoms with E-state index in [2.05, 4.69) is 41.5 Å². The van der Waals surface area contributed by atoms with Crippen molar-refractivity contribution in [3.63, 3.8) is 0 Å². The first kappa shape index (κ1) is 24.2. The molecule has 0 radical (unpaired) electrons. The number of ether oxygens (including phenoxy) is 2. The molecule has 2 heteroatoms. The molecule has 2 aliphatic carbocycles. The van der Waals surface area contributed by atoms with E-state index in [1.807, 2.05) is 0 Å². The van der Waals surface area contributed by atoms with E-state index in [1.165, 1.54) is 77.0 Å². The zero-order valence-corrected chi connectivity index (χ0v) is 20.0. The molecule has 0 aromatic carbocycles. The Balaban J connectivity index is 1.52. The summed E-state index contributed by atoms with van der Waals surface area (Å²) in [6.45, 7) is 14.8. The number of unbranched alkanes of at least 4 members (excludes halogenated alkanes) is 2. The molecule has 0 amide bonds. The van der Waals surface area contributed by atoms with E-state index in [9.17, 15) is 0 Å². The molecule has 166 valence electrons. The summed E-state index contributed by atoms with van der Waals surface area (Å²) in [7, 11) is 0. The van der Waals surface area contributed by atoms with Gasteiger partial charge in [0.2, 0.25) is 0 Å². The minimum Gasteiger partial charge on any atom is -0.376 e. The van der Waals surface area contributed by atoms with Crippen LogP contribution in [-0.2, 0) is 9.47 Å². The highest BCUT2D eigenvalue weighted by Crippen LogP contribution is 2.46. The van der Waals surface area contributed by atoms with Gasteiger partial charge < -0.3 is 9.47 Å². The van der Waals surface area contributed by atoms with Crippen LogP contribution in [0.15, 0.2) is 0 Å². The zero-order chi connectivity index (χ0) is 20.6. The summed E-state index contributed by atoms with van der Waals surface area (Å²) in [5.74, 6) is 4.11. The maximum atomic E-state index is 5.86. The van der Waals surface area contributed by atoms with E-state index < -0.39 is 0 Å². The molecule has 0 aromatic heterocycles. The first-order chi connectivity index (χ1) is 13.1. The fourth-order valence-electron chi connectivity index (χ4n) is 5.43. The highest BCUT2D eigenvalue weighted by atomic mass is 16.5. The van der Waals surface area contributed by atoms with Gasteiger partial charge >= 0.3 is 0 Å². The molecule has 0 aliphatic heterocycles. The van der Waals surface area contributed by atoms with Gasteiger partial charge in [-0.15, -0.1) is 0 Å². The van der Waals surface area contributed by atoms with E-state index in [0.717, 1.165) is 36.9 Å². The summed E-state index contributed by atoms with van der Waals surface area (Å²) in [5.41, 5.74) is 0.0498. The molecule has 0 heterocycles. The van der Waals surface area contributed by atoms with Gasteiger partial charge in [-0.25, -0.2) is 0 Å². The second-order valence-electron chi connectivity index (χ2n) is 11.8. The Bertz CT molecular complexity index is 377. The molecule has 0 bridgehead atoms. The van der Waals surface area contributed by atoms with Crippen molar-refractivity contribution in [1.82, 2.24) is 0 Å². The summed E-state index contributed by atoms with van der Waals surface area (Å²) in [6, 6.07) is 0. The van der Waals surface area contributed by atoms with E-state index in [0.29, 0.717) is 0 Å². The van der Waals surface area contributed by atoms with Crippen LogP contribution < -0.4 is 0 Å². The molecule has 0 aromatic rings. The Morgan fingerprint density at radius 1 is 0.571 bits per heavy atom.